The molecule has 1 aromatic heterocycles. The van der Waals surface area contributed by atoms with E-state index in [1.165, 1.54) is 18.2 Å². The van der Waals surface area contributed by atoms with Crippen molar-refractivity contribution in [1.29, 1.82) is 0 Å². The van der Waals surface area contributed by atoms with Gasteiger partial charge in [-0.05, 0) is 17.6 Å². The summed E-state index contributed by atoms with van der Waals surface area (Å²) in [6.07, 6.45) is 0. The molecule has 8 heteroatoms. The molecule has 1 heterocycles. The van der Waals surface area contributed by atoms with Crippen LogP contribution in [0.3, 0.4) is 0 Å². The van der Waals surface area contributed by atoms with Gasteiger partial charge in [-0.1, -0.05) is 17.3 Å². The van der Waals surface area contributed by atoms with Gasteiger partial charge in [0.1, 0.15) is 13.5 Å². The second-order valence-electron chi connectivity index (χ2n) is 3.27. The van der Waals surface area contributed by atoms with Crippen molar-refractivity contribution in [1.82, 2.24) is 5.16 Å². The minimum absolute atomic E-state index is 0.0147. The first-order valence-electron chi connectivity index (χ1n) is 4.45. The first-order valence-corrected chi connectivity index (χ1v) is 6.76. The van der Waals surface area contributed by atoms with Crippen molar-refractivity contribution in [2.45, 2.75) is 4.90 Å². The summed E-state index contributed by atoms with van der Waals surface area (Å²) >= 11 is 0. The van der Waals surface area contributed by atoms with Crippen LogP contribution in [0.2, 0.25) is 0 Å². The van der Waals surface area contributed by atoms with Gasteiger partial charge in [0.05, 0.1) is 10.6 Å². The number of halogens is 1. The van der Waals surface area contributed by atoms with Crippen molar-refractivity contribution in [3.63, 3.8) is 0 Å². The lowest BCUT2D eigenvalue weighted by molar-refractivity contribution is 0.449. The maximum atomic E-state index is 11.2. The molecule has 0 N–H and O–H groups in total. The standard InChI is InChI=1S/C9H4B2ClNO3S/c10-7-8(13-16-9(7)11)5-2-1-3-6(4-5)17(12,14)15/h1-4H. The Balaban J connectivity index is 2.58. The Hall–Kier alpha value is -1.20. The van der Waals surface area contributed by atoms with Crippen molar-refractivity contribution < 1.29 is 12.9 Å². The lowest BCUT2D eigenvalue weighted by Gasteiger charge is -2.00. The highest BCUT2D eigenvalue weighted by Crippen LogP contribution is 2.21. The van der Waals surface area contributed by atoms with E-state index < -0.39 is 9.05 Å². The topological polar surface area (TPSA) is 60.2 Å². The maximum absolute atomic E-state index is 11.2. The van der Waals surface area contributed by atoms with Crippen LogP contribution in [0.25, 0.3) is 11.3 Å². The fraction of sp³-hybridized carbons (Fsp3) is 0. The number of hydrogen-bond donors (Lipinski definition) is 0. The molecule has 0 bridgehead atoms. The molecular weight excluding hydrogens is 259 g/mol. The summed E-state index contributed by atoms with van der Waals surface area (Å²) in [6, 6.07) is 5.86. The molecule has 0 aliphatic rings. The predicted molar refractivity (Wildman–Crippen MR) is 65.8 cm³/mol. The van der Waals surface area contributed by atoms with Crippen LogP contribution in [0.4, 0.5) is 0 Å². The largest absolute Gasteiger partial charge is 0.374 e. The molecule has 0 spiro atoms. The van der Waals surface area contributed by atoms with E-state index in [2.05, 4.69) is 5.16 Å². The van der Waals surface area contributed by atoms with E-state index in [1.54, 1.807) is 6.07 Å². The Labute approximate surface area is 105 Å². The first-order chi connectivity index (χ1) is 7.89. The Kier molecular flexibility index (Phi) is 3.05. The Bertz CT molecular complexity index is 669. The quantitative estimate of drug-likeness (QED) is 0.559. The molecular formula is C9H4B2ClNO3S. The summed E-state index contributed by atoms with van der Waals surface area (Å²) in [6.45, 7) is 0. The fourth-order valence-corrected chi connectivity index (χ4v) is 2.11. The molecule has 0 aliphatic heterocycles. The van der Waals surface area contributed by atoms with Gasteiger partial charge < -0.3 is 4.52 Å². The van der Waals surface area contributed by atoms with Gasteiger partial charge in [-0.3, -0.25) is 0 Å². The molecule has 0 saturated heterocycles. The molecule has 4 radical (unpaired) electrons. The van der Waals surface area contributed by atoms with Crippen LogP contribution in [0, 0.1) is 0 Å². The summed E-state index contributed by atoms with van der Waals surface area (Å²) in [4.78, 5) is -0.0439. The number of hydrogen-bond acceptors (Lipinski definition) is 4. The molecule has 0 atom stereocenters. The van der Waals surface area contributed by atoms with Crippen molar-refractivity contribution in [2.75, 3.05) is 0 Å². The normalized spacial score (nSPS) is 11.6. The Morgan fingerprint density at radius 2 is 2.00 bits per heavy atom. The third-order valence-corrected chi connectivity index (χ3v) is 3.50. The molecule has 0 aliphatic carbocycles. The molecule has 0 amide bonds. The monoisotopic (exact) mass is 263 g/mol. The van der Waals surface area contributed by atoms with Crippen LogP contribution >= 0.6 is 10.7 Å². The summed E-state index contributed by atoms with van der Waals surface area (Å²) in [7, 11) is 12.5. The van der Waals surface area contributed by atoms with Gasteiger partial charge in [0.25, 0.3) is 9.05 Å². The highest BCUT2D eigenvalue weighted by molar-refractivity contribution is 8.13. The van der Waals surface area contributed by atoms with E-state index >= 15 is 0 Å². The summed E-state index contributed by atoms with van der Waals surface area (Å²) in [5, 5.41) is 3.65. The average Bonchev–Trinajstić information content (AvgIpc) is 2.59. The van der Waals surface area contributed by atoms with Crippen LogP contribution in [0.1, 0.15) is 0 Å². The van der Waals surface area contributed by atoms with Crippen LogP contribution in [-0.2, 0) is 9.05 Å². The third-order valence-electron chi connectivity index (χ3n) is 2.14. The van der Waals surface area contributed by atoms with E-state index in [0.29, 0.717) is 5.56 Å². The second-order valence-corrected chi connectivity index (χ2v) is 5.84. The summed E-state index contributed by atoms with van der Waals surface area (Å²) < 4.78 is 27.0. The average molecular weight is 263 g/mol. The minimum Gasteiger partial charge on any atom is -0.374 e. The van der Waals surface area contributed by atoms with Gasteiger partial charge in [-0.2, -0.15) is 0 Å². The summed E-state index contributed by atoms with van der Waals surface area (Å²) in [5.41, 5.74) is 0.891. The zero-order valence-corrected chi connectivity index (χ0v) is 9.99. The molecule has 1 aromatic carbocycles. The zero-order chi connectivity index (χ0) is 12.6. The van der Waals surface area contributed by atoms with Gasteiger partial charge in [-0.15, -0.1) is 0 Å². The van der Waals surface area contributed by atoms with Crippen molar-refractivity contribution in [3.8, 4) is 11.3 Å². The highest BCUT2D eigenvalue weighted by Gasteiger charge is 2.14. The lowest BCUT2D eigenvalue weighted by atomic mass is 9.84. The van der Waals surface area contributed by atoms with Gasteiger partial charge >= 0.3 is 0 Å². The number of aromatic nitrogens is 1. The van der Waals surface area contributed by atoms with Gasteiger partial charge in [0.15, 0.2) is 7.85 Å². The van der Waals surface area contributed by atoms with E-state index in [1.807, 2.05) is 0 Å². The van der Waals surface area contributed by atoms with E-state index in [0.717, 1.165) is 0 Å². The number of benzene rings is 1. The van der Waals surface area contributed by atoms with Gasteiger partial charge in [0, 0.05) is 16.2 Å². The molecule has 0 unspecified atom stereocenters. The maximum Gasteiger partial charge on any atom is 0.261 e. The predicted octanol–water partition coefficient (Wildman–Crippen LogP) is -0.143. The molecule has 17 heavy (non-hydrogen) atoms. The SMILES string of the molecule is [B]c1onc(-c2cccc(S(=O)(=O)Cl)c2)c1[B]. The highest BCUT2D eigenvalue weighted by atomic mass is 35.7. The van der Waals surface area contributed by atoms with Gasteiger partial charge in [-0.25, -0.2) is 8.42 Å². The van der Waals surface area contributed by atoms with Crippen LogP contribution in [0.5, 0.6) is 0 Å². The third kappa shape index (κ3) is 2.40. The summed E-state index contributed by atoms with van der Waals surface area (Å²) in [5.74, 6) is 0. The molecule has 4 nitrogen and oxygen atoms in total. The van der Waals surface area contributed by atoms with E-state index in [9.17, 15) is 8.42 Å². The molecule has 2 aromatic rings. The molecule has 0 fully saturated rings. The van der Waals surface area contributed by atoms with Crippen molar-refractivity contribution >= 4 is 46.5 Å². The van der Waals surface area contributed by atoms with E-state index in [-0.39, 0.29) is 21.7 Å². The zero-order valence-electron chi connectivity index (χ0n) is 8.42. The van der Waals surface area contributed by atoms with E-state index in [4.69, 9.17) is 30.9 Å². The molecule has 82 valence electrons. The number of nitrogens with zero attached hydrogens (tertiary/aromatic N) is 1. The minimum atomic E-state index is -3.80. The van der Waals surface area contributed by atoms with Crippen LogP contribution in [0.15, 0.2) is 33.7 Å². The second kappa shape index (κ2) is 4.23. The Morgan fingerprint density at radius 1 is 1.29 bits per heavy atom. The smallest absolute Gasteiger partial charge is 0.261 e. The van der Waals surface area contributed by atoms with Gasteiger partial charge in [0.2, 0.25) is 0 Å². The van der Waals surface area contributed by atoms with Crippen LogP contribution in [-0.4, -0.2) is 29.3 Å². The van der Waals surface area contributed by atoms with Crippen molar-refractivity contribution in [2.24, 2.45) is 0 Å². The lowest BCUT2D eigenvalue weighted by Crippen LogP contribution is -2.22. The number of rotatable bonds is 2. The fourth-order valence-electron chi connectivity index (χ4n) is 1.31. The molecule has 0 saturated carbocycles. The first kappa shape index (κ1) is 12.3. The molecule has 2 rings (SSSR count). The van der Waals surface area contributed by atoms with Crippen LogP contribution < -0.4 is 11.1 Å². The van der Waals surface area contributed by atoms with Crippen molar-refractivity contribution in [3.05, 3.63) is 24.3 Å². The Morgan fingerprint density at radius 3 is 2.53 bits per heavy atom.